The highest BCUT2D eigenvalue weighted by Gasteiger charge is 1.57. The van der Waals surface area contributed by atoms with Crippen molar-refractivity contribution in [1.82, 2.24) is 0 Å². The molecule has 0 aromatic heterocycles. The van der Waals surface area contributed by atoms with Gasteiger partial charge in [0.1, 0.15) is 0 Å². The maximum absolute atomic E-state index is 7.88. The van der Waals surface area contributed by atoms with Crippen LogP contribution in [-0.2, 0) is 0 Å². The van der Waals surface area contributed by atoms with Crippen LogP contribution in [0.25, 0.3) is 0 Å². The predicted octanol–water partition coefficient (Wildman–Crippen LogP) is 0.967. The van der Waals surface area contributed by atoms with Gasteiger partial charge < -0.3 is 5.11 Å². The van der Waals surface area contributed by atoms with Gasteiger partial charge in [-0.05, 0) is 6.42 Å². The molecule has 0 amide bonds. The van der Waals surface area contributed by atoms with Crippen LogP contribution in [0, 0.1) is 0 Å². The molecule has 1 N–H and O–H groups in total. The monoisotopic (exact) mass is 140 g/mol. The first-order valence-corrected chi connectivity index (χ1v) is 1.52. The van der Waals surface area contributed by atoms with Gasteiger partial charge in [0.05, 0.1) is 0 Å². The molecule has 2 heteroatoms. The van der Waals surface area contributed by atoms with Gasteiger partial charge in [0, 0.05) is 6.61 Å². The van der Waals surface area contributed by atoms with E-state index < -0.39 is 0 Å². The Morgan fingerprint density at radius 1 is 1.60 bits per heavy atom. The highest BCUT2D eigenvalue weighted by molar-refractivity contribution is 8.93. The smallest absolute Gasteiger partial charge is 0.0428 e. The lowest BCUT2D eigenvalue weighted by molar-refractivity contribution is 0.295. The molecule has 1 nitrogen and oxygen atoms in total. The summed E-state index contributed by atoms with van der Waals surface area (Å²) < 4.78 is 0. The Labute approximate surface area is 42.8 Å². The Kier molecular flexibility index (Phi) is 16.0. The van der Waals surface area contributed by atoms with Crippen molar-refractivity contribution in [3.05, 3.63) is 0 Å². The van der Waals surface area contributed by atoms with Crippen molar-refractivity contribution in [2.75, 3.05) is 6.61 Å². The third-order valence-corrected chi connectivity index (χ3v) is 0.224. The summed E-state index contributed by atoms with van der Waals surface area (Å²) in [5.41, 5.74) is 0. The van der Waals surface area contributed by atoms with E-state index in [1.54, 1.807) is 0 Å². The summed E-state index contributed by atoms with van der Waals surface area (Å²) in [5, 5.41) is 7.88. The lowest BCUT2D eigenvalue weighted by atomic mass is 10.5. The van der Waals surface area contributed by atoms with Crippen molar-refractivity contribution in [2.24, 2.45) is 0 Å². The fraction of sp³-hybridized carbons (Fsp3) is 1.00. The summed E-state index contributed by atoms with van der Waals surface area (Å²) in [6.07, 6.45) is 0.875. The molecule has 0 fully saturated rings. The van der Waals surface area contributed by atoms with Crippen LogP contribution in [0.15, 0.2) is 0 Å². The summed E-state index contributed by atoms with van der Waals surface area (Å²) in [6.45, 7) is 2.25. The van der Waals surface area contributed by atoms with Gasteiger partial charge in [0.15, 0.2) is 0 Å². The van der Waals surface area contributed by atoms with E-state index >= 15 is 0 Å². The van der Waals surface area contributed by atoms with Gasteiger partial charge in [0.25, 0.3) is 0 Å². The van der Waals surface area contributed by atoms with Crippen LogP contribution < -0.4 is 0 Å². The topological polar surface area (TPSA) is 20.2 Å². The van der Waals surface area contributed by atoms with Crippen LogP contribution in [0.4, 0.5) is 0 Å². The molecule has 0 atom stereocenters. The van der Waals surface area contributed by atoms with E-state index in [1.807, 2.05) is 6.92 Å². The minimum absolute atomic E-state index is 0. The van der Waals surface area contributed by atoms with Crippen molar-refractivity contribution < 1.29 is 5.11 Å². The Balaban J connectivity index is 0. The maximum atomic E-state index is 7.88. The molecule has 5 heavy (non-hydrogen) atoms. The fourth-order valence-electron chi connectivity index (χ4n) is 0. The first kappa shape index (κ1) is 9.06. The average Bonchev–Trinajstić information content (AvgIpc) is 1.37. The number of aliphatic hydroxyl groups excluding tert-OH is 1. The molecule has 0 aliphatic carbocycles. The Hall–Kier alpha value is 0.440. The highest BCUT2D eigenvalue weighted by Crippen LogP contribution is 1.61. The van der Waals surface area contributed by atoms with Gasteiger partial charge >= 0.3 is 0 Å². The lowest BCUT2D eigenvalue weighted by Gasteiger charge is -1.69. The quantitative estimate of drug-likeness (QED) is 0.576. The van der Waals surface area contributed by atoms with Crippen LogP contribution in [-0.4, -0.2) is 11.7 Å². The molecule has 0 radical (unpaired) electrons. The number of aliphatic hydroxyl groups is 1. The van der Waals surface area contributed by atoms with Crippen molar-refractivity contribution in [3.8, 4) is 0 Å². The number of halogens is 1. The Morgan fingerprint density at radius 2 is 1.80 bits per heavy atom. The minimum atomic E-state index is 0. The zero-order valence-corrected chi connectivity index (χ0v) is 4.98. The average molecular weight is 141 g/mol. The van der Waals surface area contributed by atoms with Crippen LogP contribution in [0.3, 0.4) is 0 Å². The molecule has 0 rings (SSSR count). The Bertz CT molecular complexity index is 8.85. The number of rotatable bonds is 1. The second kappa shape index (κ2) is 8.83. The third kappa shape index (κ3) is 12.7. The summed E-state index contributed by atoms with van der Waals surface area (Å²) in [6, 6.07) is 0. The molecule has 0 aliphatic heterocycles. The van der Waals surface area contributed by atoms with Crippen molar-refractivity contribution in [1.29, 1.82) is 0 Å². The molecule has 0 unspecified atom stereocenters. The fourth-order valence-corrected chi connectivity index (χ4v) is 0. The second-order valence-electron chi connectivity index (χ2n) is 0.724. The largest absolute Gasteiger partial charge is 0.396 e. The minimum Gasteiger partial charge on any atom is -0.396 e. The standard InChI is InChI=1S/C3H8O.BrH/c1-2-3-4;/h4H,2-3H2,1H3;1H. The SMILES string of the molecule is Br.CCCO. The van der Waals surface area contributed by atoms with E-state index in [1.165, 1.54) is 0 Å². The molecule has 34 valence electrons. The first-order valence-electron chi connectivity index (χ1n) is 1.52. The van der Waals surface area contributed by atoms with Gasteiger partial charge in [0.2, 0.25) is 0 Å². The normalized spacial score (nSPS) is 6.00. The molecular formula is C3H9BrO. The first-order chi connectivity index (χ1) is 1.91. The van der Waals surface area contributed by atoms with Crippen molar-refractivity contribution in [2.45, 2.75) is 13.3 Å². The lowest BCUT2D eigenvalue weighted by Crippen LogP contribution is -1.69. The molecule has 0 aromatic rings. The van der Waals surface area contributed by atoms with E-state index in [9.17, 15) is 0 Å². The van der Waals surface area contributed by atoms with E-state index in [0.29, 0.717) is 6.61 Å². The van der Waals surface area contributed by atoms with Gasteiger partial charge in [-0.25, -0.2) is 0 Å². The van der Waals surface area contributed by atoms with Gasteiger partial charge in [-0.15, -0.1) is 17.0 Å². The number of hydrogen-bond donors (Lipinski definition) is 1. The summed E-state index contributed by atoms with van der Waals surface area (Å²) in [5.74, 6) is 0. The van der Waals surface area contributed by atoms with E-state index in [0.717, 1.165) is 6.42 Å². The molecule has 0 heterocycles. The second-order valence-corrected chi connectivity index (χ2v) is 0.724. The van der Waals surface area contributed by atoms with E-state index in [2.05, 4.69) is 0 Å². The van der Waals surface area contributed by atoms with Crippen LogP contribution in [0.5, 0.6) is 0 Å². The third-order valence-electron chi connectivity index (χ3n) is 0.224. The maximum Gasteiger partial charge on any atom is 0.0428 e. The molecule has 0 spiro atoms. The van der Waals surface area contributed by atoms with Gasteiger partial charge in [-0.3, -0.25) is 0 Å². The predicted molar refractivity (Wildman–Crippen MR) is 27.7 cm³/mol. The van der Waals surface area contributed by atoms with Gasteiger partial charge in [-0.1, -0.05) is 6.92 Å². The summed E-state index contributed by atoms with van der Waals surface area (Å²) >= 11 is 0. The van der Waals surface area contributed by atoms with Crippen LogP contribution in [0.2, 0.25) is 0 Å². The zero-order chi connectivity index (χ0) is 3.41. The molecule has 0 saturated carbocycles. The van der Waals surface area contributed by atoms with Crippen LogP contribution >= 0.6 is 17.0 Å². The molecular weight excluding hydrogens is 132 g/mol. The highest BCUT2D eigenvalue weighted by atomic mass is 79.9. The molecule has 0 aromatic carbocycles. The van der Waals surface area contributed by atoms with Crippen molar-refractivity contribution in [3.63, 3.8) is 0 Å². The van der Waals surface area contributed by atoms with E-state index in [-0.39, 0.29) is 17.0 Å². The van der Waals surface area contributed by atoms with E-state index in [4.69, 9.17) is 5.11 Å². The molecule has 0 saturated heterocycles. The summed E-state index contributed by atoms with van der Waals surface area (Å²) in [4.78, 5) is 0. The van der Waals surface area contributed by atoms with Crippen molar-refractivity contribution >= 4 is 17.0 Å². The zero-order valence-electron chi connectivity index (χ0n) is 3.27. The van der Waals surface area contributed by atoms with Crippen LogP contribution in [0.1, 0.15) is 13.3 Å². The number of hydrogen-bond acceptors (Lipinski definition) is 1. The summed E-state index contributed by atoms with van der Waals surface area (Å²) in [7, 11) is 0. The Morgan fingerprint density at radius 3 is 1.80 bits per heavy atom. The molecule has 0 bridgehead atoms. The van der Waals surface area contributed by atoms with Gasteiger partial charge in [-0.2, -0.15) is 0 Å². The molecule has 0 aliphatic rings.